The molecule has 0 bridgehead atoms. The molecule has 7 heteroatoms. The molecule has 2 aromatic carbocycles. The van der Waals surface area contributed by atoms with Gasteiger partial charge in [-0.15, -0.1) is 0 Å². The first-order chi connectivity index (χ1) is 11.3. The fourth-order valence-electron chi connectivity index (χ4n) is 1.91. The van der Waals surface area contributed by atoms with Crippen molar-refractivity contribution in [1.82, 2.24) is 0 Å². The highest BCUT2D eigenvalue weighted by atomic mass is 32.2. The number of hydrogen-bond donors (Lipinski definition) is 0. The van der Waals surface area contributed by atoms with Gasteiger partial charge in [0.15, 0.2) is 0 Å². The van der Waals surface area contributed by atoms with Gasteiger partial charge in [-0.05, 0) is 42.8 Å². The van der Waals surface area contributed by atoms with Gasteiger partial charge in [-0.1, -0.05) is 29.8 Å². The molecule has 24 heavy (non-hydrogen) atoms. The predicted octanol–water partition coefficient (Wildman–Crippen LogP) is 3.93. The number of alkyl halides is 2. The lowest BCUT2D eigenvalue weighted by atomic mass is 10.2. The highest BCUT2D eigenvalue weighted by Gasteiger charge is 2.20. The van der Waals surface area contributed by atoms with Crippen molar-refractivity contribution in [2.24, 2.45) is 0 Å². The van der Waals surface area contributed by atoms with E-state index in [1.54, 1.807) is 18.2 Å². The predicted molar refractivity (Wildman–Crippen MR) is 85.0 cm³/mol. The van der Waals surface area contributed by atoms with Crippen LogP contribution in [0.15, 0.2) is 58.3 Å². The van der Waals surface area contributed by atoms with Crippen molar-refractivity contribution in [3.63, 3.8) is 0 Å². The van der Waals surface area contributed by atoms with Crippen molar-refractivity contribution in [3.05, 3.63) is 64.6 Å². The molecule has 124 valence electrons. The van der Waals surface area contributed by atoms with Crippen LogP contribution >= 0.6 is 0 Å². The maximum absolute atomic E-state index is 12.5. The van der Waals surface area contributed by atoms with Crippen molar-refractivity contribution in [2.45, 2.75) is 18.4 Å². The summed E-state index contributed by atoms with van der Waals surface area (Å²) in [5.74, 6) is -0.0537. The maximum atomic E-state index is 12.5. The summed E-state index contributed by atoms with van der Waals surface area (Å²) in [6.07, 6.45) is 1.18. The largest absolute Gasteiger partial charge is 0.435 e. The Bertz CT molecular complexity index is 881. The lowest BCUT2D eigenvalue weighted by molar-refractivity contribution is -0.0498. The molecule has 0 radical (unpaired) electrons. The van der Waals surface area contributed by atoms with Gasteiger partial charge in [0.1, 0.15) is 16.7 Å². The molecule has 0 N–H and O–H groups in total. The summed E-state index contributed by atoms with van der Waals surface area (Å²) in [4.78, 5) is -0.424. The molecule has 0 aliphatic carbocycles. The molecule has 0 fully saturated rings. The molecule has 0 spiro atoms. The Kier molecular flexibility index (Phi) is 5.31. The molecule has 0 heterocycles. The molecule has 2 rings (SSSR count). The van der Waals surface area contributed by atoms with Crippen molar-refractivity contribution in [2.75, 3.05) is 0 Å². The SMILES string of the molecule is Cc1ccc(S(=O)(=O)C(C#N)=Cc2ccc(OC(F)F)cc2)cc1. The first kappa shape index (κ1) is 17.6. The Hall–Kier alpha value is -2.72. The molecule has 0 aliphatic heterocycles. The van der Waals surface area contributed by atoms with E-state index >= 15 is 0 Å². The summed E-state index contributed by atoms with van der Waals surface area (Å²) < 4.78 is 53.4. The standard InChI is InChI=1S/C17H13F2NO3S/c1-12-2-8-15(9-3-12)24(21,22)16(11-20)10-13-4-6-14(7-5-13)23-17(18)19/h2-10,17H,1H3. The Morgan fingerprint density at radius 1 is 1.12 bits per heavy atom. The lowest BCUT2D eigenvalue weighted by Crippen LogP contribution is -2.03. The third-order valence-electron chi connectivity index (χ3n) is 3.13. The summed E-state index contributed by atoms with van der Waals surface area (Å²) in [5, 5.41) is 9.19. The van der Waals surface area contributed by atoms with Crippen LogP contribution in [0.5, 0.6) is 5.75 Å². The van der Waals surface area contributed by atoms with Crippen LogP contribution in [0.4, 0.5) is 8.78 Å². The lowest BCUT2D eigenvalue weighted by Gasteiger charge is -2.05. The molecule has 2 aromatic rings. The number of ether oxygens (including phenoxy) is 1. The van der Waals surface area contributed by atoms with Gasteiger partial charge in [0, 0.05) is 0 Å². The average molecular weight is 349 g/mol. The minimum atomic E-state index is -3.95. The Morgan fingerprint density at radius 3 is 2.21 bits per heavy atom. The minimum Gasteiger partial charge on any atom is -0.435 e. The van der Waals surface area contributed by atoms with E-state index < -0.39 is 21.4 Å². The zero-order valence-corrected chi connectivity index (χ0v) is 13.4. The second-order valence-corrected chi connectivity index (χ2v) is 6.80. The third-order valence-corrected chi connectivity index (χ3v) is 4.81. The quantitative estimate of drug-likeness (QED) is 0.767. The monoisotopic (exact) mass is 349 g/mol. The fourth-order valence-corrected chi connectivity index (χ4v) is 3.07. The van der Waals surface area contributed by atoms with Gasteiger partial charge in [0.05, 0.1) is 4.90 Å². The van der Waals surface area contributed by atoms with E-state index in [0.29, 0.717) is 5.56 Å². The van der Waals surface area contributed by atoms with E-state index in [1.807, 2.05) is 6.92 Å². The normalized spacial score (nSPS) is 12.0. The Morgan fingerprint density at radius 2 is 1.71 bits per heavy atom. The first-order valence-corrected chi connectivity index (χ1v) is 8.29. The van der Waals surface area contributed by atoms with E-state index in [0.717, 1.165) is 5.56 Å². The zero-order valence-electron chi connectivity index (χ0n) is 12.6. The Labute approximate surface area is 138 Å². The molecule has 4 nitrogen and oxygen atoms in total. The van der Waals surface area contributed by atoms with Crippen LogP contribution in [-0.2, 0) is 9.84 Å². The molecule has 0 atom stereocenters. The van der Waals surface area contributed by atoms with Crippen molar-refractivity contribution in [1.29, 1.82) is 5.26 Å². The number of hydrogen-bond acceptors (Lipinski definition) is 4. The van der Waals surface area contributed by atoms with E-state index in [9.17, 15) is 22.5 Å². The highest BCUT2D eigenvalue weighted by Crippen LogP contribution is 2.23. The van der Waals surface area contributed by atoms with E-state index in [4.69, 9.17) is 0 Å². The summed E-state index contributed by atoms with van der Waals surface area (Å²) in [6.45, 7) is -1.12. The Balaban J connectivity index is 2.35. The van der Waals surface area contributed by atoms with Crippen LogP contribution in [0.2, 0.25) is 0 Å². The van der Waals surface area contributed by atoms with E-state index in [1.165, 1.54) is 42.5 Å². The number of rotatable bonds is 5. The average Bonchev–Trinajstić information content (AvgIpc) is 2.54. The summed E-state index contributed by atoms with van der Waals surface area (Å²) >= 11 is 0. The van der Waals surface area contributed by atoms with Gasteiger partial charge in [-0.2, -0.15) is 14.0 Å². The molecule has 0 amide bonds. The third kappa shape index (κ3) is 4.18. The van der Waals surface area contributed by atoms with Gasteiger partial charge in [-0.3, -0.25) is 0 Å². The summed E-state index contributed by atoms with van der Waals surface area (Å²) in [7, 11) is -3.95. The van der Waals surface area contributed by atoms with Gasteiger partial charge < -0.3 is 4.74 Å². The van der Waals surface area contributed by atoms with Crippen LogP contribution < -0.4 is 4.74 Å². The van der Waals surface area contributed by atoms with Gasteiger partial charge in [0.2, 0.25) is 9.84 Å². The summed E-state index contributed by atoms with van der Waals surface area (Å²) in [6, 6.07) is 13.1. The van der Waals surface area contributed by atoms with Crippen molar-refractivity contribution >= 4 is 15.9 Å². The topological polar surface area (TPSA) is 67.2 Å². The second kappa shape index (κ2) is 7.23. The maximum Gasteiger partial charge on any atom is 0.387 e. The minimum absolute atomic E-state index is 0.0125. The number of sulfone groups is 1. The van der Waals surface area contributed by atoms with Gasteiger partial charge >= 0.3 is 6.61 Å². The zero-order chi connectivity index (χ0) is 17.7. The highest BCUT2D eigenvalue weighted by molar-refractivity contribution is 7.95. The number of allylic oxidation sites excluding steroid dienone is 1. The summed E-state index contributed by atoms with van der Waals surface area (Å²) in [5.41, 5.74) is 1.27. The molecule has 0 aromatic heterocycles. The van der Waals surface area contributed by atoms with E-state index in [2.05, 4.69) is 4.74 Å². The van der Waals surface area contributed by atoms with Crippen LogP contribution in [0.3, 0.4) is 0 Å². The van der Waals surface area contributed by atoms with Crippen LogP contribution in [0, 0.1) is 18.3 Å². The molecular weight excluding hydrogens is 336 g/mol. The first-order valence-electron chi connectivity index (χ1n) is 6.81. The number of nitriles is 1. The second-order valence-electron chi connectivity index (χ2n) is 4.88. The molecule has 0 saturated carbocycles. The number of halogens is 2. The number of benzene rings is 2. The van der Waals surface area contributed by atoms with Gasteiger partial charge in [0.25, 0.3) is 0 Å². The van der Waals surface area contributed by atoms with Gasteiger partial charge in [-0.25, -0.2) is 8.42 Å². The van der Waals surface area contributed by atoms with E-state index in [-0.39, 0.29) is 10.6 Å². The van der Waals surface area contributed by atoms with Crippen molar-refractivity contribution in [3.8, 4) is 11.8 Å². The van der Waals surface area contributed by atoms with Crippen LogP contribution in [0.25, 0.3) is 6.08 Å². The fraction of sp³-hybridized carbons (Fsp3) is 0.118. The number of nitrogens with zero attached hydrogens (tertiary/aromatic N) is 1. The molecule has 0 unspecified atom stereocenters. The molecule has 0 aliphatic rings. The van der Waals surface area contributed by atoms with Crippen molar-refractivity contribution < 1.29 is 21.9 Å². The van der Waals surface area contributed by atoms with Crippen LogP contribution in [-0.4, -0.2) is 15.0 Å². The van der Waals surface area contributed by atoms with Crippen LogP contribution in [0.1, 0.15) is 11.1 Å². The molecular formula is C17H13F2NO3S. The molecule has 0 saturated heterocycles. The number of aryl methyl sites for hydroxylation is 1. The smallest absolute Gasteiger partial charge is 0.387 e.